The highest BCUT2D eigenvalue weighted by Crippen LogP contribution is 2.36. The third kappa shape index (κ3) is 3.97. The van der Waals surface area contributed by atoms with Crippen molar-refractivity contribution in [1.29, 1.82) is 0 Å². The second-order valence-corrected chi connectivity index (χ2v) is 5.39. The minimum atomic E-state index is 0.477. The summed E-state index contributed by atoms with van der Waals surface area (Å²) in [6.07, 6.45) is 5.61. The van der Waals surface area contributed by atoms with E-state index in [9.17, 15) is 0 Å². The molecular weight excluding hydrogens is 174 g/mol. The van der Waals surface area contributed by atoms with Gasteiger partial charge in [0, 0.05) is 6.04 Å². The summed E-state index contributed by atoms with van der Waals surface area (Å²) < 4.78 is 5.87. The average Bonchev–Trinajstić information content (AvgIpc) is 2.16. The molecule has 1 rings (SSSR count). The molecule has 0 bridgehead atoms. The van der Waals surface area contributed by atoms with Crippen LogP contribution in [0.25, 0.3) is 0 Å². The van der Waals surface area contributed by atoms with E-state index in [-0.39, 0.29) is 0 Å². The summed E-state index contributed by atoms with van der Waals surface area (Å²) in [7, 11) is 1.98. The number of nitrogens with one attached hydrogen (secondary N) is 1. The van der Waals surface area contributed by atoms with Crippen LogP contribution in [0.2, 0.25) is 0 Å². The van der Waals surface area contributed by atoms with Crippen molar-refractivity contribution in [3.63, 3.8) is 0 Å². The van der Waals surface area contributed by atoms with Crippen LogP contribution in [-0.2, 0) is 4.74 Å². The molecule has 1 unspecified atom stereocenters. The maximum absolute atomic E-state index is 5.87. The SMILES string of the molecule is CNC(C)COC1CCC(C)(C)CC1. The number of rotatable bonds is 4. The molecule has 1 aliphatic carbocycles. The highest BCUT2D eigenvalue weighted by atomic mass is 16.5. The average molecular weight is 199 g/mol. The van der Waals surface area contributed by atoms with Crippen LogP contribution in [0.5, 0.6) is 0 Å². The molecule has 0 amide bonds. The smallest absolute Gasteiger partial charge is 0.0620 e. The van der Waals surface area contributed by atoms with Gasteiger partial charge in [-0.1, -0.05) is 13.8 Å². The first-order valence-corrected chi connectivity index (χ1v) is 5.82. The first kappa shape index (κ1) is 12.0. The van der Waals surface area contributed by atoms with Gasteiger partial charge in [-0.3, -0.25) is 0 Å². The lowest BCUT2D eigenvalue weighted by atomic mass is 9.76. The lowest BCUT2D eigenvalue weighted by Gasteiger charge is -2.34. The molecule has 0 aromatic carbocycles. The molecule has 0 aliphatic heterocycles. The van der Waals surface area contributed by atoms with Gasteiger partial charge in [-0.15, -0.1) is 0 Å². The molecule has 1 atom stereocenters. The van der Waals surface area contributed by atoms with Crippen molar-refractivity contribution in [2.75, 3.05) is 13.7 Å². The van der Waals surface area contributed by atoms with E-state index >= 15 is 0 Å². The van der Waals surface area contributed by atoms with E-state index in [0.29, 0.717) is 17.6 Å². The molecule has 0 heterocycles. The van der Waals surface area contributed by atoms with Gasteiger partial charge in [0.2, 0.25) is 0 Å². The fourth-order valence-corrected chi connectivity index (χ4v) is 1.90. The Morgan fingerprint density at radius 3 is 2.43 bits per heavy atom. The Bertz CT molecular complexity index is 158. The standard InChI is InChI=1S/C12H25NO/c1-10(13-4)9-14-11-5-7-12(2,3)8-6-11/h10-11,13H,5-9H2,1-4H3. The Kier molecular flexibility index (Phi) is 4.39. The van der Waals surface area contributed by atoms with Gasteiger partial charge in [-0.25, -0.2) is 0 Å². The topological polar surface area (TPSA) is 21.3 Å². The molecule has 0 saturated heterocycles. The van der Waals surface area contributed by atoms with Crippen molar-refractivity contribution in [2.45, 2.75) is 58.6 Å². The number of ether oxygens (including phenoxy) is 1. The normalized spacial score (nSPS) is 24.9. The van der Waals surface area contributed by atoms with E-state index in [0.717, 1.165) is 6.61 Å². The third-order valence-electron chi connectivity index (χ3n) is 3.36. The summed E-state index contributed by atoms with van der Waals surface area (Å²) in [6, 6.07) is 0.477. The zero-order valence-corrected chi connectivity index (χ0v) is 10.1. The zero-order chi connectivity index (χ0) is 10.6. The van der Waals surface area contributed by atoms with Crippen LogP contribution >= 0.6 is 0 Å². The van der Waals surface area contributed by atoms with Crippen molar-refractivity contribution >= 4 is 0 Å². The Labute approximate surface area is 88.4 Å². The Morgan fingerprint density at radius 1 is 1.36 bits per heavy atom. The second-order valence-electron chi connectivity index (χ2n) is 5.39. The van der Waals surface area contributed by atoms with E-state index in [1.54, 1.807) is 0 Å². The van der Waals surface area contributed by atoms with E-state index in [1.807, 2.05) is 7.05 Å². The van der Waals surface area contributed by atoms with Crippen molar-refractivity contribution in [1.82, 2.24) is 5.32 Å². The van der Waals surface area contributed by atoms with Crippen molar-refractivity contribution in [3.8, 4) is 0 Å². The quantitative estimate of drug-likeness (QED) is 0.751. The minimum absolute atomic E-state index is 0.477. The van der Waals surface area contributed by atoms with Gasteiger partial charge in [0.1, 0.15) is 0 Å². The predicted molar refractivity (Wildman–Crippen MR) is 60.5 cm³/mol. The van der Waals surface area contributed by atoms with Crippen molar-refractivity contribution in [2.24, 2.45) is 5.41 Å². The molecule has 1 N–H and O–H groups in total. The summed E-state index contributed by atoms with van der Waals surface area (Å²) in [5, 5.41) is 3.20. The molecule has 2 heteroatoms. The highest BCUT2D eigenvalue weighted by molar-refractivity contribution is 4.79. The molecule has 0 aromatic heterocycles. The third-order valence-corrected chi connectivity index (χ3v) is 3.36. The molecule has 2 nitrogen and oxygen atoms in total. The summed E-state index contributed by atoms with van der Waals surface area (Å²) >= 11 is 0. The predicted octanol–water partition coefficient (Wildman–Crippen LogP) is 2.58. The van der Waals surface area contributed by atoms with Gasteiger partial charge in [0.15, 0.2) is 0 Å². The van der Waals surface area contributed by atoms with Crippen molar-refractivity contribution < 1.29 is 4.74 Å². The molecule has 1 aliphatic rings. The van der Waals surface area contributed by atoms with Gasteiger partial charge in [-0.05, 0) is 45.1 Å². The van der Waals surface area contributed by atoms with Crippen molar-refractivity contribution in [3.05, 3.63) is 0 Å². The van der Waals surface area contributed by atoms with Crippen LogP contribution in [0, 0.1) is 5.41 Å². The van der Waals surface area contributed by atoms with Crippen LogP contribution in [0.1, 0.15) is 46.5 Å². The second kappa shape index (κ2) is 5.13. The van der Waals surface area contributed by atoms with Crippen LogP contribution in [-0.4, -0.2) is 25.8 Å². The highest BCUT2D eigenvalue weighted by Gasteiger charge is 2.27. The Hall–Kier alpha value is -0.0800. The lowest BCUT2D eigenvalue weighted by molar-refractivity contribution is -0.00284. The van der Waals surface area contributed by atoms with Gasteiger partial charge in [0.25, 0.3) is 0 Å². The van der Waals surface area contributed by atoms with E-state index in [2.05, 4.69) is 26.1 Å². The van der Waals surface area contributed by atoms with E-state index < -0.39 is 0 Å². The molecular formula is C12H25NO. The molecule has 84 valence electrons. The Morgan fingerprint density at radius 2 is 1.93 bits per heavy atom. The maximum atomic E-state index is 5.87. The number of hydrogen-bond acceptors (Lipinski definition) is 2. The summed E-state index contributed by atoms with van der Waals surface area (Å²) in [5.74, 6) is 0. The maximum Gasteiger partial charge on any atom is 0.0620 e. The molecule has 0 radical (unpaired) electrons. The molecule has 0 aromatic rings. The summed E-state index contributed by atoms with van der Waals surface area (Å²) in [4.78, 5) is 0. The molecule has 14 heavy (non-hydrogen) atoms. The fraction of sp³-hybridized carbons (Fsp3) is 1.00. The van der Waals surface area contributed by atoms with Gasteiger partial charge < -0.3 is 10.1 Å². The molecule has 1 fully saturated rings. The number of hydrogen-bond donors (Lipinski definition) is 1. The largest absolute Gasteiger partial charge is 0.377 e. The molecule has 0 spiro atoms. The fourth-order valence-electron chi connectivity index (χ4n) is 1.90. The van der Waals surface area contributed by atoms with E-state index in [4.69, 9.17) is 4.74 Å². The van der Waals surface area contributed by atoms with E-state index in [1.165, 1.54) is 25.7 Å². The number of likely N-dealkylation sites (N-methyl/N-ethyl adjacent to an activating group) is 1. The monoisotopic (exact) mass is 199 g/mol. The first-order chi connectivity index (χ1) is 6.53. The summed E-state index contributed by atoms with van der Waals surface area (Å²) in [5.41, 5.74) is 0.550. The van der Waals surface area contributed by atoms with Crippen LogP contribution in [0.3, 0.4) is 0 Å². The van der Waals surface area contributed by atoms with Gasteiger partial charge in [0.05, 0.1) is 12.7 Å². The van der Waals surface area contributed by atoms with Crippen LogP contribution < -0.4 is 5.32 Å². The van der Waals surface area contributed by atoms with Crippen LogP contribution in [0.15, 0.2) is 0 Å². The van der Waals surface area contributed by atoms with Gasteiger partial charge in [-0.2, -0.15) is 0 Å². The van der Waals surface area contributed by atoms with Crippen LogP contribution in [0.4, 0.5) is 0 Å². The zero-order valence-electron chi connectivity index (χ0n) is 10.1. The Balaban J connectivity index is 2.16. The minimum Gasteiger partial charge on any atom is -0.377 e. The first-order valence-electron chi connectivity index (χ1n) is 5.82. The molecule has 1 saturated carbocycles. The van der Waals surface area contributed by atoms with Gasteiger partial charge >= 0.3 is 0 Å². The summed E-state index contributed by atoms with van der Waals surface area (Å²) in [6.45, 7) is 7.73. The lowest BCUT2D eigenvalue weighted by Crippen LogP contribution is -2.32.